The zero-order chi connectivity index (χ0) is 19.0. The van der Waals surface area contributed by atoms with E-state index < -0.39 is 4.92 Å². The highest BCUT2D eigenvalue weighted by Gasteiger charge is 2.17. The van der Waals surface area contributed by atoms with E-state index >= 15 is 0 Å². The number of rotatable bonds is 10. The predicted octanol–water partition coefficient (Wildman–Crippen LogP) is 6.21. The fourth-order valence-corrected chi connectivity index (χ4v) is 3.00. The van der Waals surface area contributed by atoms with Gasteiger partial charge in [0.05, 0.1) is 20.6 Å². The molecular formula is C18H25Cl2NO4. The van der Waals surface area contributed by atoms with Crippen LogP contribution in [0.3, 0.4) is 0 Å². The zero-order valence-electron chi connectivity index (χ0n) is 15.1. The molecule has 1 rings (SSSR count). The number of non-ortho nitro benzene ring substituents is 1. The van der Waals surface area contributed by atoms with Crippen molar-refractivity contribution in [1.29, 1.82) is 0 Å². The first-order valence-corrected chi connectivity index (χ1v) is 8.97. The maximum atomic E-state index is 10.8. The summed E-state index contributed by atoms with van der Waals surface area (Å²) in [6.07, 6.45) is 4.91. The SMILES string of the molecule is CCOC(C)(C)CCC/C(C)=C/COc1c(Cl)cc([N+](=O)[O-])cc1Cl. The minimum absolute atomic E-state index is 0.106. The first-order chi connectivity index (χ1) is 11.7. The molecule has 5 nitrogen and oxygen atoms in total. The Kier molecular flexibility index (Phi) is 8.69. The standard InChI is InChI=1S/C18H25Cl2NO4/c1-5-25-18(3,4)9-6-7-13(2)8-10-24-17-15(19)11-14(21(22)23)12-16(17)20/h8,11-12H,5-7,9-10H2,1-4H3/b13-8+. The molecule has 0 heterocycles. The van der Waals surface area contributed by atoms with Crippen LogP contribution in [-0.2, 0) is 4.74 Å². The highest BCUT2D eigenvalue weighted by atomic mass is 35.5. The Labute approximate surface area is 159 Å². The number of hydrogen-bond acceptors (Lipinski definition) is 4. The molecule has 0 atom stereocenters. The van der Waals surface area contributed by atoms with Crippen LogP contribution in [0.5, 0.6) is 5.75 Å². The molecule has 0 fully saturated rings. The summed E-state index contributed by atoms with van der Waals surface area (Å²) in [5.41, 5.74) is 0.929. The van der Waals surface area contributed by atoms with Gasteiger partial charge < -0.3 is 9.47 Å². The third-order valence-electron chi connectivity index (χ3n) is 3.74. The molecule has 0 radical (unpaired) electrons. The fraction of sp³-hybridized carbons (Fsp3) is 0.556. The van der Waals surface area contributed by atoms with Gasteiger partial charge in [0.25, 0.3) is 5.69 Å². The molecule has 1 aromatic rings. The quantitative estimate of drug-likeness (QED) is 0.271. The van der Waals surface area contributed by atoms with Gasteiger partial charge in [-0.25, -0.2) is 0 Å². The smallest absolute Gasteiger partial charge is 0.272 e. The lowest BCUT2D eigenvalue weighted by molar-refractivity contribution is -0.384. The van der Waals surface area contributed by atoms with Crippen LogP contribution in [0.2, 0.25) is 10.0 Å². The molecule has 7 heteroatoms. The van der Waals surface area contributed by atoms with Crippen LogP contribution in [0.15, 0.2) is 23.8 Å². The van der Waals surface area contributed by atoms with Crippen LogP contribution >= 0.6 is 23.2 Å². The predicted molar refractivity (Wildman–Crippen MR) is 102 cm³/mol. The topological polar surface area (TPSA) is 61.6 Å². The van der Waals surface area contributed by atoms with E-state index in [-0.39, 0.29) is 27.1 Å². The number of nitro benzene ring substituents is 1. The molecule has 0 aliphatic heterocycles. The summed E-state index contributed by atoms with van der Waals surface area (Å²) in [6, 6.07) is 2.46. The second kappa shape index (κ2) is 10.00. The van der Waals surface area contributed by atoms with Crippen molar-refractivity contribution < 1.29 is 14.4 Å². The number of nitro groups is 1. The normalized spacial score (nSPS) is 12.3. The van der Waals surface area contributed by atoms with E-state index in [0.717, 1.165) is 19.3 Å². The Balaban J connectivity index is 2.53. The number of hydrogen-bond donors (Lipinski definition) is 0. The molecule has 0 aliphatic rings. The average Bonchev–Trinajstić information content (AvgIpc) is 2.49. The van der Waals surface area contributed by atoms with Crippen LogP contribution in [0.25, 0.3) is 0 Å². The van der Waals surface area contributed by atoms with Crippen molar-refractivity contribution in [2.24, 2.45) is 0 Å². The van der Waals surface area contributed by atoms with Crippen molar-refractivity contribution in [2.45, 2.75) is 52.6 Å². The van der Waals surface area contributed by atoms with E-state index in [1.807, 2.05) is 19.9 Å². The second-order valence-corrected chi connectivity index (χ2v) is 7.22. The summed E-state index contributed by atoms with van der Waals surface area (Å²) in [6.45, 7) is 9.24. The molecule has 0 amide bonds. The monoisotopic (exact) mass is 389 g/mol. The zero-order valence-corrected chi connectivity index (χ0v) is 16.6. The summed E-state index contributed by atoms with van der Waals surface area (Å²) in [5.74, 6) is 0.260. The molecular weight excluding hydrogens is 365 g/mol. The molecule has 1 aromatic carbocycles. The molecule has 0 saturated carbocycles. The molecule has 0 spiro atoms. The maximum absolute atomic E-state index is 10.8. The Bertz CT molecular complexity index is 606. The van der Waals surface area contributed by atoms with Gasteiger partial charge in [-0.3, -0.25) is 10.1 Å². The molecule has 0 saturated heterocycles. The highest BCUT2D eigenvalue weighted by Crippen LogP contribution is 2.36. The fourth-order valence-electron chi connectivity index (χ4n) is 2.41. The Morgan fingerprint density at radius 3 is 2.44 bits per heavy atom. The van der Waals surface area contributed by atoms with E-state index in [0.29, 0.717) is 13.2 Å². The minimum atomic E-state index is -0.546. The maximum Gasteiger partial charge on any atom is 0.272 e. The van der Waals surface area contributed by atoms with E-state index in [1.165, 1.54) is 17.7 Å². The number of ether oxygens (including phenoxy) is 2. The van der Waals surface area contributed by atoms with Gasteiger partial charge in [-0.1, -0.05) is 28.8 Å². The lowest BCUT2D eigenvalue weighted by Crippen LogP contribution is -2.24. The van der Waals surface area contributed by atoms with Gasteiger partial charge in [0, 0.05) is 18.7 Å². The van der Waals surface area contributed by atoms with Crippen LogP contribution in [0.1, 0.15) is 47.0 Å². The van der Waals surface area contributed by atoms with E-state index in [4.69, 9.17) is 32.7 Å². The minimum Gasteiger partial charge on any atom is -0.486 e. The molecule has 0 unspecified atom stereocenters. The first kappa shape index (κ1) is 21.7. The van der Waals surface area contributed by atoms with Crippen molar-refractivity contribution in [3.63, 3.8) is 0 Å². The van der Waals surface area contributed by atoms with Gasteiger partial charge in [-0.05, 0) is 53.0 Å². The molecule has 0 bridgehead atoms. The van der Waals surface area contributed by atoms with Gasteiger partial charge >= 0.3 is 0 Å². The van der Waals surface area contributed by atoms with Gasteiger partial charge in [-0.2, -0.15) is 0 Å². The van der Waals surface area contributed by atoms with Crippen molar-refractivity contribution >= 4 is 28.9 Å². The Hall–Kier alpha value is -1.30. The number of halogens is 2. The second-order valence-electron chi connectivity index (χ2n) is 6.40. The largest absolute Gasteiger partial charge is 0.486 e. The van der Waals surface area contributed by atoms with Gasteiger partial charge in [0.2, 0.25) is 0 Å². The number of benzene rings is 1. The van der Waals surface area contributed by atoms with Crippen molar-refractivity contribution in [3.05, 3.63) is 43.9 Å². The van der Waals surface area contributed by atoms with E-state index in [1.54, 1.807) is 0 Å². The average molecular weight is 390 g/mol. The Morgan fingerprint density at radius 2 is 1.92 bits per heavy atom. The number of nitrogens with zero attached hydrogens (tertiary/aromatic N) is 1. The van der Waals surface area contributed by atoms with Gasteiger partial charge in [0.15, 0.2) is 5.75 Å². The van der Waals surface area contributed by atoms with Crippen molar-refractivity contribution in [3.8, 4) is 5.75 Å². The molecule has 25 heavy (non-hydrogen) atoms. The molecule has 0 aliphatic carbocycles. The van der Waals surface area contributed by atoms with Crippen molar-refractivity contribution in [1.82, 2.24) is 0 Å². The lowest BCUT2D eigenvalue weighted by Gasteiger charge is -2.24. The van der Waals surface area contributed by atoms with Crippen LogP contribution in [0.4, 0.5) is 5.69 Å². The number of allylic oxidation sites excluding steroid dienone is 1. The summed E-state index contributed by atoms with van der Waals surface area (Å²) in [7, 11) is 0. The first-order valence-electron chi connectivity index (χ1n) is 8.22. The van der Waals surface area contributed by atoms with Crippen molar-refractivity contribution in [2.75, 3.05) is 13.2 Å². The lowest BCUT2D eigenvalue weighted by atomic mass is 9.99. The Morgan fingerprint density at radius 1 is 1.32 bits per heavy atom. The third kappa shape index (κ3) is 7.63. The molecule has 0 aromatic heterocycles. The summed E-state index contributed by atoms with van der Waals surface area (Å²) < 4.78 is 11.3. The van der Waals surface area contributed by atoms with Gasteiger partial charge in [0.1, 0.15) is 6.61 Å². The summed E-state index contributed by atoms with van der Waals surface area (Å²) >= 11 is 12.0. The summed E-state index contributed by atoms with van der Waals surface area (Å²) in [5, 5.41) is 11.0. The summed E-state index contributed by atoms with van der Waals surface area (Å²) in [4.78, 5) is 10.2. The van der Waals surface area contributed by atoms with E-state index in [2.05, 4.69) is 13.8 Å². The molecule has 140 valence electrons. The van der Waals surface area contributed by atoms with Crippen LogP contribution in [-0.4, -0.2) is 23.7 Å². The molecule has 0 N–H and O–H groups in total. The van der Waals surface area contributed by atoms with Crippen LogP contribution in [0, 0.1) is 10.1 Å². The van der Waals surface area contributed by atoms with E-state index in [9.17, 15) is 10.1 Å². The van der Waals surface area contributed by atoms with Crippen LogP contribution < -0.4 is 4.74 Å². The van der Waals surface area contributed by atoms with Gasteiger partial charge in [-0.15, -0.1) is 0 Å². The third-order valence-corrected chi connectivity index (χ3v) is 4.30. The highest BCUT2D eigenvalue weighted by molar-refractivity contribution is 6.37.